The molecule has 1 atom stereocenters. The van der Waals surface area contributed by atoms with Crippen LogP contribution in [0.25, 0.3) is 0 Å². The molecule has 1 aromatic heterocycles. The Kier molecular flexibility index (Phi) is 2.83. The van der Waals surface area contributed by atoms with Gasteiger partial charge in [0.2, 0.25) is 0 Å². The normalized spacial score (nSPS) is 26.9. The zero-order chi connectivity index (χ0) is 10.9. The predicted octanol–water partition coefficient (Wildman–Crippen LogP) is 2.20. The van der Waals surface area contributed by atoms with Crippen LogP contribution in [0.5, 0.6) is 0 Å². The van der Waals surface area contributed by atoms with Crippen molar-refractivity contribution in [2.24, 2.45) is 0 Å². The van der Waals surface area contributed by atoms with E-state index in [-0.39, 0.29) is 0 Å². The van der Waals surface area contributed by atoms with E-state index in [0.717, 1.165) is 24.4 Å². The van der Waals surface area contributed by atoms with E-state index in [9.17, 15) is 4.39 Å². The maximum atomic E-state index is 14.4. The van der Waals surface area contributed by atoms with Crippen molar-refractivity contribution in [1.29, 1.82) is 0 Å². The molecular formula is C12H19FN2. The number of halogens is 1. The zero-order valence-corrected chi connectivity index (χ0v) is 9.52. The third-order valence-corrected chi connectivity index (χ3v) is 3.28. The molecule has 0 saturated carbocycles. The van der Waals surface area contributed by atoms with Gasteiger partial charge in [-0.3, -0.25) is 0 Å². The summed E-state index contributed by atoms with van der Waals surface area (Å²) in [6, 6.07) is 4.10. The van der Waals surface area contributed by atoms with Crippen LogP contribution in [0.4, 0.5) is 4.39 Å². The van der Waals surface area contributed by atoms with Crippen LogP contribution in [0.15, 0.2) is 12.1 Å². The Balaban J connectivity index is 2.13. The highest BCUT2D eigenvalue weighted by Crippen LogP contribution is 2.24. The maximum Gasteiger partial charge on any atom is 0.141 e. The first kappa shape index (κ1) is 10.7. The van der Waals surface area contributed by atoms with Gasteiger partial charge < -0.3 is 9.88 Å². The highest BCUT2D eigenvalue weighted by atomic mass is 19.1. The summed E-state index contributed by atoms with van der Waals surface area (Å²) in [7, 11) is 0. The largest absolute Gasteiger partial charge is 0.346 e. The molecule has 0 aliphatic carbocycles. The van der Waals surface area contributed by atoms with Crippen LogP contribution in [-0.2, 0) is 6.54 Å². The van der Waals surface area contributed by atoms with Crippen molar-refractivity contribution in [2.75, 3.05) is 13.1 Å². The van der Waals surface area contributed by atoms with Crippen LogP contribution >= 0.6 is 0 Å². The monoisotopic (exact) mass is 210 g/mol. The number of rotatable bonds is 2. The van der Waals surface area contributed by atoms with E-state index in [1.54, 1.807) is 0 Å². The second-order valence-electron chi connectivity index (χ2n) is 4.63. The van der Waals surface area contributed by atoms with Gasteiger partial charge in [-0.1, -0.05) is 0 Å². The van der Waals surface area contributed by atoms with E-state index in [0.29, 0.717) is 19.5 Å². The summed E-state index contributed by atoms with van der Waals surface area (Å²) in [4.78, 5) is 0. The molecule has 0 bridgehead atoms. The second kappa shape index (κ2) is 3.97. The summed E-state index contributed by atoms with van der Waals surface area (Å²) in [6.45, 7) is 6.00. The molecule has 1 aliphatic heterocycles. The number of hydrogen-bond acceptors (Lipinski definition) is 1. The SMILES string of the molecule is Cc1ccc(C)n1CC1(F)CCCNC1. The number of nitrogens with zero attached hydrogens (tertiary/aromatic N) is 1. The minimum Gasteiger partial charge on any atom is -0.346 e. The number of nitrogens with one attached hydrogen (secondary N) is 1. The summed E-state index contributed by atoms with van der Waals surface area (Å²) in [5.74, 6) is 0. The fraction of sp³-hybridized carbons (Fsp3) is 0.667. The van der Waals surface area contributed by atoms with Gasteiger partial charge in [0.1, 0.15) is 5.67 Å². The van der Waals surface area contributed by atoms with E-state index in [1.807, 2.05) is 13.8 Å². The van der Waals surface area contributed by atoms with Crippen molar-refractivity contribution >= 4 is 0 Å². The van der Waals surface area contributed by atoms with Gasteiger partial charge >= 0.3 is 0 Å². The van der Waals surface area contributed by atoms with Gasteiger partial charge in [0, 0.05) is 17.9 Å². The topological polar surface area (TPSA) is 17.0 Å². The molecule has 3 heteroatoms. The van der Waals surface area contributed by atoms with Gasteiger partial charge in [-0.2, -0.15) is 0 Å². The lowest BCUT2D eigenvalue weighted by atomic mass is 9.96. The van der Waals surface area contributed by atoms with E-state index >= 15 is 0 Å². The third-order valence-electron chi connectivity index (χ3n) is 3.28. The Labute approximate surface area is 90.5 Å². The third kappa shape index (κ3) is 2.23. The second-order valence-corrected chi connectivity index (χ2v) is 4.63. The number of aromatic nitrogens is 1. The Morgan fingerprint density at radius 2 is 2.07 bits per heavy atom. The first-order valence-electron chi connectivity index (χ1n) is 5.63. The Bertz CT molecular complexity index is 318. The van der Waals surface area contributed by atoms with Crippen LogP contribution in [0, 0.1) is 13.8 Å². The lowest BCUT2D eigenvalue weighted by Crippen LogP contribution is -2.45. The smallest absolute Gasteiger partial charge is 0.141 e. The Hall–Kier alpha value is -0.830. The van der Waals surface area contributed by atoms with Gasteiger partial charge in [0.25, 0.3) is 0 Å². The molecule has 1 N–H and O–H groups in total. The standard InChI is InChI=1S/C12H19FN2/c1-10-4-5-11(2)15(10)9-12(13)6-3-7-14-8-12/h4-5,14H,3,6-9H2,1-2H3. The summed E-state index contributed by atoms with van der Waals surface area (Å²) in [6.07, 6.45) is 1.62. The van der Waals surface area contributed by atoms with Gasteiger partial charge in [0.05, 0.1) is 6.54 Å². The fourth-order valence-corrected chi connectivity index (χ4v) is 2.30. The molecule has 1 aromatic rings. The number of hydrogen-bond donors (Lipinski definition) is 1. The van der Waals surface area contributed by atoms with Gasteiger partial charge in [-0.25, -0.2) is 4.39 Å². The Morgan fingerprint density at radius 1 is 1.40 bits per heavy atom. The summed E-state index contributed by atoms with van der Waals surface area (Å²) in [5, 5.41) is 3.14. The van der Waals surface area contributed by atoms with Crippen LogP contribution in [0.1, 0.15) is 24.2 Å². The molecule has 1 saturated heterocycles. The average molecular weight is 210 g/mol. The van der Waals surface area contributed by atoms with Crippen molar-refractivity contribution < 1.29 is 4.39 Å². The quantitative estimate of drug-likeness (QED) is 0.792. The van der Waals surface area contributed by atoms with Crippen LogP contribution in [-0.4, -0.2) is 23.3 Å². The minimum atomic E-state index is -1.06. The average Bonchev–Trinajstić information content (AvgIpc) is 2.50. The van der Waals surface area contributed by atoms with Crippen molar-refractivity contribution in [3.8, 4) is 0 Å². The highest BCUT2D eigenvalue weighted by Gasteiger charge is 2.32. The summed E-state index contributed by atoms with van der Waals surface area (Å²) in [5.41, 5.74) is 1.23. The molecule has 84 valence electrons. The van der Waals surface area contributed by atoms with E-state index in [1.165, 1.54) is 0 Å². The van der Waals surface area contributed by atoms with Gasteiger partial charge in [0.15, 0.2) is 0 Å². The zero-order valence-electron chi connectivity index (χ0n) is 9.52. The van der Waals surface area contributed by atoms with Crippen LogP contribution in [0.3, 0.4) is 0 Å². The summed E-state index contributed by atoms with van der Waals surface area (Å²) < 4.78 is 16.5. The van der Waals surface area contributed by atoms with Crippen molar-refractivity contribution in [3.63, 3.8) is 0 Å². The molecule has 2 nitrogen and oxygen atoms in total. The molecule has 2 rings (SSSR count). The maximum absolute atomic E-state index is 14.4. The minimum absolute atomic E-state index is 0.490. The molecule has 2 heterocycles. The van der Waals surface area contributed by atoms with E-state index in [4.69, 9.17) is 0 Å². The molecule has 0 aromatic carbocycles. The molecule has 0 amide bonds. The molecular weight excluding hydrogens is 191 g/mol. The molecule has 1 unspecified atom stereocenters. The number of aryl methyl sites for hydroxylation is 2. The Morgan fingerprint density at radius 3 is 2.60 bits per heavy atom. The van der Waals surface area contributed by atoms with Gasteiger partial charge in [-0.05, 0) is 45.4 Å². The van der Waals surface area contributed by atoms with Gasteiger partial charge in [-0.15, -0.1) is 0 Å². The fourth-order valence-electron chi connectivity index (χ4n) is 2.30. The predicted molar refractivity (Wildman–Crippen MR) is 59.8 cm³/mol. The summed E-state index contributed by atoms with van der Waals surface area (Å²) >= 11 is 0. The van der Waals surface area contributed by atoms with Crippen LogP contribution < -0.4 is 5.32 Å². The van der Waals surface area contributed by atoms with Crippen LogP contribution in [0.2, 0.25) is 0 Å². The van der Waals surface area contributed by atoms with Crippen molar-refractivity contribution in [2.45, 2.75) is 38.9 Å². The molecule has 0 spiro atoms. The lowest BCUT2D eigenvalue weighted by molar-refractivity contribution is 0.0989. The number of piperidine rings is 1. The molecule has 15 heavy (non-hydrogen) atoms. The molecule has 1 aliphatic rings. The van der Waals surface area contributed by atoms with Crippen molar-refractivity contribution in [3.05, 3.63) is 23.5 Å². The first-order chi connectivity index (χ1) is 7.11. The first-order valence-corrected chi connectivity index (χ1v) is 5.63. The van der Waals surface area contributed by atoms with Crippen molar-refractivity contribution in [1.82, 2.24) is 9.88 Å². The molecule has 1 fully saturated rings. The van der Waals surface area contributed by atoms with E-state index < -0.39 is 5.67 Å². The number of alkyl halides is 1. The lowest BCUT2D eigenvalue weighted by Gasteiger charge is -2.31. The highest BCUT2D eigenvalue weighted by molar-refractivity contribution is 5.14. The van der Waals surface area contributed by atoms with E-state index in [2.05, 4.69) is 22.0 Å². The molecule has 0 radical (unpaired) electrons.